The van der Waals surface area contributed by atoms with Crippen molar-refractivity contribution in [3.8, 4) is 0 Å². The summed E-state index contributed by atoms with van der Waals surface area (Å²) in [5.74, 6) is -0.955. The summed E-state index contributed by atoms with van der Waals surface area (Å²) in [6.45, 7) is -1.73. The number of rotatable bonds is 5. The lowest BCUT2D eigenvalue weighted by molar-refractivity contribution is -0.131. The summed E-state index contributed by atoms with van der Waals surface area (Å²) in [6, 6.07) is 0. The Labute approximate surface area is 67.8 Å². The fourth-order valence-electron chi connectivity index (χ4n) is 0.366. The highest BCUT2D eigenvalue weighted by Gasteiger charge is 2.20. The van der Waals surface area contributed by atoms with Gasteiger partial charge in [-0.2, -0.15) is 0 Å². The smallest absolute Gasteiger partial charge is 0.388 e. The molecule has 1 atom stereocenters. The molecule has 0 heterocycles. The van der Waals surface area contributed by atoms with Crippen LogP contribution in [0.4, 0.5) is 0 Å². The second kappa shape index (κ2) is 4.66. The van der Waals surface area contributed by atoms with Crippen LogP contribution in [-0.2, 0) is 13.9 Å². The van der Waals surface area contributed by atoms with Gasteiger partial charge >= 0.3 is 7.82 Å². The second-order valence-electron chi connectivity index (χ2n) is 1.93. The number of hydrogen-bond donors (Lipinski definition) is 4. The van der Waals surface area contributed by atoms with E-state index in [0.29, 0.717) is 0 Å². The van der Waals surface area contributed by atoms with Gasteiger partial charge in [-0.3, -0.25) is 9.32 Å². The zero-order valence-corrected chi connectivity index (χ0v) is 6.85. The monoisotopic (exact) mass is 200 g/mol. The van der Waals surface area contributed by atoms with Crippen LogP contribution in [0.3, 0.4) is 0 Å². The summed E-state index contributed by atoms with van der Waals surface area (Å²) in [7, 11) is -4.66. The number of aliphatic hydroxyl groups is 2. The molecule has 0 aromatic rings. The molecule has 0 aliphatic rings. The highest BCUT2D eigenvalue weighted by atomic mass is 31.2. The molecule has 0 aromatic carbocycles. The van der Waals surface area contributed by atoms with Crippen molar-refractivity contribution in [3.05, 3.63) is 0 Å². The number of hydrogen-bond acceptors (Lipinski definition) is 5. The third-order valence-corrected chi connectivity index (χ3v) is 1.41. The van der Waals surface area contributed by atoms with Crippen molar-refractivity contribution in [1.82, 2.24) is 0 Å². The zero-order valence-electron chi connectivity index (χ0n) is 5.95. The van der Waals surface area contributed by atoms with E-state index in [2.05, 4.69) is 4.52 Å². The summed E-state index contributed by atoms with van der Waals surface area (Å²) in [5, 5.41) is 16.9. The van der Waals surface area contributed by atoms with Gasteiger partial charge in [0.1, 0.15) is 12.7 Å². The molecule has 0 amide bonds. The molecule has 0 radical (unpaired) electrons. The number of aliphatic hydroxyl groups excluding tert-OH is 2. The summed E-state index contributed by atoms with van der Waals surface area (Å²) in [4.78, 5) is 26.6. The molecule has 12 heavy (non-hydrogen) atoms. The summed E-state index contributed by atoms with van der Waals surface area (Å²) in [6.07, 6.45) is -1.71. The summed E-state index contributed by atoms with van der Waals surface area (Å²) in [5.41, 5.74) is 0. The lowest BCUT2D eigenvalue weighted by Gasteiger charge is -2.08. The van der Waals surface area contributed by atoms with Crippen LogP contribution in [0.15, 0.2) is 0 Å². The van der Waals surface area contributed by atoms with Crippen LogP contribution in [0, 0.1) is 0 Å². The predicted molar refractivity (Wildman–Crippen MR) is 36.1 cm³/mol. The van der Waals surface area contributed by atoms with Gasteiger partial charge < -0.3 is 20.0 Å². The number of carbonyl (C=O) groups excluding carboxylic acids is 1. The normalized spacial score (nSPS) is 14.3. The first kappa shape index (κ1) is 11.7. The van der Waals surface area contributed by atoms with Crippen LogP contribution < -0.4 is 0 Å². The van der Waals surface area contributed by atoms with E-state index in [0.717, 1.165) is 0 Å². The van der Waals surface area contributed by atoms with Crippen LogP contribution in [-0.4, -0.2) is 45.1 Å². The Hall–Kier alpha value is -0.300. The van der Waals surface area contributed by atoms with E-state index >= 15 is 0 Å². The van der Waals surface area contributed by atoms with Crippen molar-refractivity contribution in [2.75, 3.05) is 13.2 Å². The molecule has 72 valence electrons. The molecule has 0 unspecified atom stereocenters. The molecular weight excluding hydrogens is 191 g/mol. The Balaban J connectivity index is 3.79. The maximum absolute atomic E-state index is 10.4. The van der Waals surface area contributed by atoms with Crippen LogP contribution in [0.5, 0.6) is 0 Å². The summed E-state index contributed by atoms with van der Waals surface area (Å²) >= 11 is 0. The van der Waals surface area contributed by atoms with Gasteiger partial charge in [0, 0.05) is 0 Å². The SMILES string of the molecule is O=C(CO)[C@H](O)COP(=O)(O)O. The number of carbonyl (C=O) groups is 1. The van der Waals surface area contributed by atoms with Gasteiger partial charge in [0.25, 0.3) is 0 Å². The number of Topliss-reactive ketones (excluding diaryl/α,β-unsaturated/α-hetero) is 1. The van der Waals surface area contributed by atoms with Gasteiger partial charge in [0.15, 0.2) is 5.78 Å². The Morgan fingerprint density at radius 3 is 2.33 bits per heavy atom. The largest absolute Gasteiger partial charge is 0.469 e. The maximum Gasteiger partial charge on any atom is 0.469 e. The molecule has 7 nitrogen and oxygen atoms in total. The summed E-state index contributed by atoms with van der Waals surface area (Å²) < 4.78 is 13.8. The standard InChI is InChI=1S/C4H9O7P/c5-1-3(6)4(7)2-11-12(8,9)10/h4-5,7H,1-2H2,(H2,8,9,10)/t4-/m1/s1. The highest BCUT2D eigenvalue weighted by Crippen LogP contribution is 2.35. The number of ketones is 1. The zero-order chi connectivity index (χ0) is 9.78. The highest BCUT2D eigenvalue weighted by molar-refractivity contribution is 7.46. The van der Waals surface area contributed by atoms with Crippen LogP contribution in [0.25, 0.3) is 0 Å². The van der Waals surface area contributed by atoms with Crippen LogP contribution >= 0.6 is 7.82 Å². The second-order valence-corrected chi connectivity index (χ2v) is 3.17. The minimum absolute atomic E-state index is 0.830. The van der Waals surface area contributed by atoms with E-state index in [-0.39, 0.29) is 0 Å². The van der Waals surface area contributed by atoms with Crippen LogP contribution in [0.2, 0.25) is 0 Å². The molecule has 0 saturated heterocycles. The minimum Gasteiger partial charge on any atom is -0.388 e. The molecule has 0 bridgehead atoms. The molecule has 0 spiro atoms. The molecule has 0 aliphatic heterocycles. The first-order valence-electron chi connectivity index (χ1n) is 2.88. The topological polar surface area (TPSA) is 124 Å². The van der Waals surface area contributed by atoms with Gasteiger partial charge in [-0.25, -0.2) is 4.57 Å². The Morgan fingerprint density at radius 2 is 2.00 bits per heavy atom. The predicted octanol–water partition coefficient (Wildman–Crippen LogP) is -1.98. The van der Waals surface area contributed by atoms with Gasteiger partial charge in [0.05, 0.1) is 6.61 Å². The third-order valence-electron chi connectivity index (χ3n) is 0.928. The van der Waals surface area contributed by atoms with Crippen molar-refractivity contribution in [1.29, 1.82) is 0 Å². The fourth-order valence-corrected chi connectivity index (χ4v) is 0.701. The van der Waals surface area contributed by atoms with Gasteiger partial charge in [-0.05, 0) is 0 Å². The molecule has 0 aromatic heterocycles. The van der Waals surface area contributed by atoms with Crippen molar-refractivity contribution in [2.24, 2.45) is 0 Å². The molecule has 0 aliphatic carbocycles. The Bertz CT molecular complexity index is 196. The average molecular weight is 200 g/mol. The molecule has 4 N–H and O–H groups in total. The molecule has 8 heteroatoms. The molecule has 0 saturated carbocycles. The van der Waals surface area contributed by atoms with Crippen LogP contribution in [0.1, 0.15) is 0 Å². The molecule has 0 rings (SSSR count). The first-order valence-corrected chi connectivity index (χ1v) is 4.41. The third kappa shape index (κ3) is 5.36. The molecule has 0 fully saturated rings. The van der Waals surface area contributed by atoms with Crippen molar-refractivity contribution in [2.45, 2.75) is 6.10 Å². The first-order chi connectivity index (χ1) is 5.37. The van der Waals surface area contributed by atoms with E-state index in [9.17, 15) is 9.36 Å². The van der Waals surface area contributed by atoms with E-state index in [1.807, 2.05) is 0 Å². The van der Waals surface area contributed by atoms with Gasteiger partial charge in [-0.15, -0.1) is 0 Å². The van der Waals surface area contributed by atoms with E-state index in [1.54, 1.807) is 0 Å². The van der Waals surface area contributed by atoms with E-state index in [1.165, 1.54) is 0 Å². The average Bonchev–Trinajstić information content (AvgIpc) is 1.97. The van der Waals surface area contributed by atoms with E-state index in [4.69, 9.17) is 20.0 Å². The lowest BCUT2D eigenvalue weighted by Crippen LogP contribution is -2.27. The number of phosphoric acid groups is 1. The van der Waals surface area contributed by atoms with Crippen molar-refractivity contribution >= 4 is 13.6 Å². The minimum atomic E-state index is -4.66. The lowest BCUT2D eigenvalue weighted by atomic mass is 10.3. The Morgan fingerprint density at radius 1 is 1.50 bits per heavy atom. The van der Waals surface area contributed by atoms with Gasteiger partial charge in [0.2, 0.25) is 0 Å². The van der Waals surface area contributed by atoms with Crippen molar-refractivity contribution < 1.29 is 33.9 Å². The maximum atomic E-state index is 10.4. The quantitative estimate of drug-likeness (QED) is 0.379. The fraction of sp³-hybridized carbons (Fsp3) is 0.750. The number of phosphoric ester groups is 1. The van der Waals surface area contributed by atoms with Crippen molar-refractivity contribution in [3.63, 3.8) is 0 Å². The van der Waals surface area contributed by atoms with Gasteiger partial charge in [-0.1, -0.05) is 0 Å². The Kier molecular flexibility index (Phi) is 4.54. The van der Waals surface area contributed by atoms with E-state index < -0.39 is 32.9 Å². The molecular formula is C4H9O7P.